The molecule has 0 bridgehead atoms. The van der Waals surface area contributed by atoms with Gasteiger partial charge in [0.1, 0.15) is 5.82 Å². The van der Waals surface area contributed by atoms with Crippen molar-refractivity contribution < 1.29 is 4.79 Å². The lowest BCUT2D eigenvalue weighted by Gasteiger charge is -1.98. The van der Waals surface area contributed by atoms with E-state index in [0.29, 0.717) is 12.2 Å². The van der Waals surface area contributed by atoms with E-state index in [2.05, 4.69) is 21.2 Å². The summed E-state index contributed by atoms with van der Waals surface area (Å²) in [6.07, 6.45) is 0.613. The molecule has 1 aromatic carbocycles. The first-order chi connectivity index (χ1) is 7.65. The predicted molar refractivity (Wildman–Crippen MR) is 58.9 cm³/mol. The maximum absolute atomic E-state index is 10.8. The van der Waals surface area contributed by atoms with Crippen molar-refractivity contribution in [2.75, 3.05) is 0 Å². The standard InChI is InChI=1S/C11H12N4O/c1-7-3-2-4-8(5-7)6-9-13-11(10(12)16)15-14-9/h2-5H,6H2,1H3,(H2,12,16)(H,13,14,15). The molecule has 82 valence electrons. The Kier molecular flexibility index (Phi) is 2.68. The maximum Gasteiger partial charge on any atom is 0.288 e. The summed E-state index contributed by atoms with van der Waals surface area (Å²) in [5.41, 5.74) is 7.37. The summed E-state index contributed by atoms with van der Waals surface area (Å²) >= 11 is 0. The van der Waals surface area contributed by atoms with Gasteiger partial charge in [-0.15, -0.1) is 5.10 Å². The van der Waals surface area contributed by atoms with Gasteiger partial charge in [0.2, 0.25) is 5.82 Å². The number of hydrogen-bond donors (Lipinski definition) is 2. The molecule has 0 fully saturated rings. The van der Waals surface area contributed by atoms with E-state index in [-0.39, 0.29) is 5.82 Å². The minimum atomic E-state index is -0.619. The molecule has 0 aliphatic heterocycles. The Morgan fingerprint density at radius 2 is 2.31 bits per heavy atom. The number of benzene rings is 1. The zero-order valence-corrected chi connectivity index (χ0v) is 8.90. The molecule has 0 unspecified atom stereocenters. The molecule has 1 amide bonds. The molecule has 0 spiro atoms. The van der Waals surface area contributed by atoms with Crippen LogP contribution in [0.15, 0.2) is 24.3 Å². The molecule has 0 atom stereocenters. The molecule has 16 heavy (non-hydrogen) atoms. The van der Waals surface area contributed by atoms with E-state index < -0.39 is 5.91 Å². The highest BCUT2D eigenvalue weighted by Gasteiger charge is 2.08. The lowest BCUT2D eigenvalue weighted by molar-refractivity contribution is 0.0991. The highest BCUT2D eigenvalue weighted by Crippen LogP contribution is 2.08. The topological polar surface area (TPSA) is 84.7 Å². The van der Waals surface area contributed by atoms with Crippen molar-refractivity contribution in [1.82, 2.24) is 15.2 Å². The van der Waals surface area contributed by atoms with Gasteiger partial charge in [-0.2, -0.15) is 0 Å². The summed E-state index contributed by atoms with van der Waals surface area (Å²) in [7, 11) is 0. The Morgan fingerprint density at radius 3 is 2.94 bits per heavy atom. The highest BCUT2D eigenvalue weighted by atomic mass is 16.1. The van der Waals surface area contributed by atoms with Crippen molar-refractivity contribution in [3.63, 3.8) is 0 Å². The fourth-order valence-electron chi connectivity index (χ4n) is 1.50. The third-order valence-electron chi connectivity index (χ3n) is 2.21. The first-order valence-electron chi connectivity index (χ1n) is 4.92. The van der Waals surface area contributed by atoms with Crippen molar-refractivity contribution in [1.29, 1.82) is 0 Å². The number of nitrogens with one attached hydrogen (secondary N) is 1. The normalized spacial score (nSPS) is 10.3. The summed E-state index contributed by atoms with van der Waals surface area (Å²) in [6, 6.07) is 8.07. The van der Waals surface area contributed by atoms with Crippen LogP contribution in [0.2, 0.25) is 0 Å². The second-order valence-corrected chi connectivity index (χ2v) is 3.64. The number of aromatic nitrogens is 3. The van der Waals surface area contributed by atoms with Crippen LogP contribution in [0, 0.1) is 6.92 Å². The molecule has 0 radical (unpaired) electrons. The van der Waals surface area contributed by atoms with Crippen LogP contribution >= 0.6 is 0 Å². The monoisotopic (exact) mass is 216 g/mol. The van der Waals surface area contributed by atoms with Crippen LogP contribution in [0.4, 0.5) is 0 Å². The Labute approximate surface area is 92.7 Å². The van der Waals surface area contributed by atoms with Gasteiger partial charge in [-0.05, 0) is 12.5 Å². The van der Waals surface area contributed by atoms with E-state index in [4.69, 9.17) is 5.73 Å². The summed E-state index contributed by atoms with van der Waals surface area (Å²) in [5.74, 6) is 0.0498. The Balaban J connectivity index is 2.17. The first-order valence-corrected chi connectivity index (χ1v) is 4.92. The molecule has 2 aromatic rings. The largest absolute Gasteiger partial charge is 0.363 e. The fourth-order valence-corrected chi connectivity index (χ4v) is 1.50. The SMILES string of the molecule is Cc1cccc(Cc2nc(C(N)=O)n[nH]2)c1. The third kappa shape index (κ3) is 2.25. The lowest BCUT2D eigenvalue weighted by Crippen LogP contribution is -2.12. The van der Waals surface area contributed by atoms with Crippen LogP contribution in [0.25, 0.3) is 0 Å². The van der Waals surface area contributed by atoms with E-state index >= 15 is 0 Å². The van der Waals surface area contributed by atoms with Crippen LogP contribution in [-0.4, -0.2) is 21.1 Å². The predicted octanol–water partition coefficient (Wildman–Crippen LogP) is 0.803. The summed E-state index contributed by atoms with van der Waals surface area (Å²) < 4.78 is 0. The van der Waals surface area contributed by atoms with Crippen LogP contribution in [0.1, 0.15) is 27.6 Å². The molecule has 5 heteroatoms. The van der Waals surface area contributed by atoms with Crippen molar-refractivity contribution in [3.8, 4) is 0 Å². The highest BCUT2D eigenvalue weighted by molar-refractivity contribution is 5.88. The average Bonchev–Trinajstić information content (AvgIpc) is 2.66. The maximum atomic E-state index is 10.8. The first kappa shape index (κ1) is 10.4. The van der Waals surface area contributed by atoms with Gasteiger partial charge in [0, 0.05) is 6.42 Å². The number of nitrogens with two attached hydrogens (primary N) is 1. The van der Waals surface area contributed by atoms with Crippen LogP contribution < -0.4 is 5.73 Å². The van der Waals surface area contributed by atoms with Gasteiger partial charge in [-0.3, -0.25) is 9.89 Å². The summed E-state index contributed by atoms with van der Waals surface area (Å²) in [5, 5.41) is 6.42. The third-order valence-corrected chi connectivity index (χ3v) is 2.21. The molecule has 0 saturated heterocycles. The smallest absolute Gasteiger partial charge is 0.288 e. The van der Waals surface area contributed by atoms with Crippen LogP contribution in [-0.2, 0) is 6.42 Å². The summed E-state index contributed by atoms with van der Waals surface area (Å²) in [4.78, 5) is 14.8. The zero-order valence-electron chi connectivity index (χ0n) is 8.90. The van der Waals surface area contributed by atoms with Gasteiger partial charge < -0.3 is 5.73 Å². The quantitative estimate of drug-likeness (QED) is 0.795. The number of primary amides is 1. The van der Waals surface area contributed by atoms with E-state index in [1.807, 2.05) is 25.1 Å². The minimum Gasteiger partial charge on any atom is -0.363 e. The number of aromatic amines is 1. The average molecular weight is 216 g/mol. The Hall–Kier alpha value is -2.17. The minimum absolute atomic E-state index is 0.0302. The van der Waals surface area contributed by atoms with Gasteiger partial charge in [0.25, 0.3) is 5.91 Å². The molecule has 0 aliphatic carbocycles. The number of hydrogen-bond acceptors (Lipinski definition) is 3. The second kappa shape index (κ2) is 4.14. The van der Waals surface area contributed by atoms with Crippen molar-refractivity contribution in [2.45, 2.75) is 13.3 Å². The molecule has 1 aromatic heterocycles. The Morgan fingerprint density at radius 1 is 1.50 bits per heavy atom. The summed E-state index contributed by atoms with van der Waals surface area (Å²) in [6.45, 7) is 2.03. The molecule has 0 saturated carbocycles. The zero-order chi connectivity index (χ0) is 11.5. The van der Waals surface area contributed by atoms with Crippen molar-refractivity contribution >= 4 is 5.91 Å². The number of rotatable bonds is 3. The van der Waals surface area contributed by atoms with Gasteiger partial charge in [0.05, 0.1) is 0 Å². The van der Waals surface area contributed by atoms with Gasteiger partial charge in [0.15, 0.2) is 0 Å². The van der Waals surface area contributed by atoms with E-state index in [9.17, 15) is 4.79 Å². The number of H-pyrrole nitrogens is 1. The molecule has 5 nitrogen and oxygen atoms in total. The number of aryl methyl sites for hydroxylation is 1. The lowest BCUT2D eigenvalue weighted by atomic mass is 10.1. The van der Waals surface area contributed by atoms with E-state index in [1.54, 1.807) is 0 Å². The number of carbonyl (C=O) groups excluding carboxylic acids is 1. The van der Waals surface area contributed by atoms with Gasteiger partial charge >= 0.3 is 0 Å². The van der Waals surface area contributed by atoms with Crippen LogP contribution in [0.3, 0.4) is 0 Å². The van der Waals surface area contributed by atoms with Gasteiger partial charge in [-0.1, -0.05) is 29.8 Å². The number of amides is 1. The molecular formula is C11H12N4O. The number of carbonyl (C=O) groups is 1. The van der Waals surface area contributed by atoms with E-state index in [0.717, 1.165) is 5.56 Å². The van der Waals surface area contributed by atoms with Crippen molar-refractivity contribution in [2.24, 2.45) is 5.73 Å². The second-order valence-electron chi connectivity index (χ2n) is 3.64. The molecule has 3 N–H and O–H groups in total. The molecule has 0 aliphatic rings. The van der Waals surface area contributed by atoms with Crippen LogP contribution in [0.5, 0.6) is 0 Å². The van der Waals surface area contributed by atoms with Gasteiger partial charge in [-0.25, -0.2) is 4.98 Å². The van der Waals surface area contributed by atoms with Crippen molar-refractivity contribution in [3.05, 3.63) is 47.0 Å². The number of nitrogens with zero attached hydrogens (tertiary/aromatic N) is 2. The molecular weight excluding hydrogens is 204 g/mol. The molecule has 2 rings (SSSR count). The Bertz CT molecular complexity index is 518. The van der Waals surface area contributed by atoms with E-state index in [1.165, 1.54) is 5.56 Å². The fraction of sp³-hybridized carbons (Fsp3) is 0.182. The molecule has 1 heterocycles.